The van der Waals surface area contributed by atoms with E-state index in [1.165, 1.54) is 6.92 Å². The molecule has 0 atom stereocenters. The molecule has 0 spiro atoms. The van der Waals surface area contributed by atoms with E-state index in [9.17, 15) is 4.79 Å². The summed E-state index contributed by atoms with van der Waals surface area (Å²) >= 11 is 0. The van der Waals surface area contributed by atoms with Gasteiger partial charge in [0, 0.05) is 20.1 Å². The number of hydrogen-bond acceptors (Lipinski definition) is 4. The summed E-state index contributed by atoms with van der Waals surface area (Å²) in [4.78, 5) is 10.5. The van der Waals surface area contributed by atoms with Gasteiger partial charge in [0.25, 0.3) is 0 Å². The largest absolute Gasteiger partial charge is 0.466 e. The predicted molar refractivity (Wildman–Crippen MR) is 69.9 cm³/mol. The summed E-state index contributed by atoms with van der Waals surface area (Å²) in [5.41, 5.74) is 2.05. The second kappa shape index (κ2) is 9.38. The number of ether oxygens (including phenoxy) is 1. The molecule has 17 heavy (non-hydrogen) atoms. The lowest BCUT2D eigenvalue weighted by Crippen LogP contribution is -2.36. The van der Waals surface area contributed by atoms with Crippen LogP contribution in [0.5, 0.6) is 0 Å². The van der Waals surface area contributed by atoms with Gasteiger partial charge in [-0.05, 0) is 38.9 Å². The van der Waals surface area contributed by atoms with Crippen LogP contribution in [0.25, 0.3) is 0 Å². The van der Waals surface area contributed by atoms with E-state index in [-0.39, 0.29) is 5.97 Å². The number of rotatable bonds is 9. The molecule has 0 saturated heterocycles. The molecule has 4 nitrogen and oxygen atoms in total. The van der Waals surface area contributed by atoms with Crippen LogP contribution in [-0.4, -0.2) is 34.4 Å². The summed E-state index contributed by atoms with van der Waals surface area (Å²) in [5, 5.41) is 0. The Morgan fingerprint density at radius 1 is 1.24 bits per heavy atom. The first-order valence-electron chi connectivity index (χ1n) is 6.13. The van der Waals surface area contributed by atoms with Crippen molar-refractivity contribution in [3.8, 4) is 0 Å². The van der Waals surface area contributed by atoms with E-state index in [1.807, 2.05) is 26.1 Å². The predicted octanol–water partition coefficient (Wildman–Crippen LogP) is 2.57. The zero-order valence-electron chi connectivity index (χ0n) is 11.3. The molecule has 0 fully saturated rings. The zero-order chi connectivity index (χ0) is 13.1. The molecule has 0 aliphatic rings. The summed E-state index contributed by atoms with van der Waals surface area (Å²) in [6, 6.07) is 0. The summed E-state index contributed by atoms with van der Waals surface area (Å²) in [6.07, 6.45) is 3.76. The number of allylic oxidation sites excluding steroid dienone is 1. The van der Waals surface area contributed by atoms with Gasteiger partial charge in [-0.1, -0.05) is 6.08 Å². The quantitative estimate of drug-likeness (QED) is 0.363. The normalized spacial score (nSPS) is 12.0. The van der Waals surface area contributed by atoms with Gasteiger partial charge in [-0.25, -0.2) is 0 Å². The third-order valence-electron chi connectivity index (χ3n) is 2.10. The maximum atomic E-state index is 10.5. The summed E-state index contributed by atoms with van der Waals surface area (Å²) in [5.74, 6) is -0.225. The molecule has 0 aromatic carbocycles. The molecule has 0 saturated carbocycles. The van der Waals surface area contributed by atoms with Crippen LogP contribution in [0.1, 0.15) is 33.6 Å². The van der Waals surface area contributed by atoms with E-state index in [0.717, 1.165) is 12.8 Å². The monoisotopic (exact) mass is 260 g/mol. The summed E-state index contributed by atoms with van der Waals surface area (Å²) in [6.45, 7) is 9.20. The van der Waals surface area contributed by atoms with Crippen LogP contribution in [0.4, 0.5) is 0 Å². The number of carbonyl (C=O) groups is 1. The second-order valence-electron chi connectivity index (χ2n) is 3.77. The van der Waals surface area contributed by atoms with Crippen molar-refractivity contribution in [3.05, 3.63) is 11.8 Å². The highest BCUT2D eigenvalue weighted by Gasteiger charge is 2.26. The van der Waals surface area contributed by atoms with Gasteiger partial charge in [-0.15, -0.1) is 0 Å². The standard InChI is InChI=1S/C12H24O4Si/c1-5-15-17(4,16-6-2)11-9-7-8-10-14-12(3)13/h9,11H,5-8,10H2,1-4H3/b11-9-. The average molecular weight is 260 g/mol. The van der Waals surface area contributed by atoms with E-state index < -0.39 is 8.56 Å². The minimum absolute atomic E-state index is 0.225. The lowest BCUT2D eigenvalue weighted by molar-refractivity contribution is -0.141. The topological polar surface area (TPSA) is 44.8 Å². The zero-order valence-corrected chi connectivity index (χ0v) is 12.3. The number of unbranched alkanes of at least 4 members (excludes halogenated alkanes) is 1. The molecule has 100 valence electrons. The highest BCUT2D eigenvalue weighted by atomic mass is 28.4. The molecule has 0 heterocycles. The summed E-state index contributed by atoms with van der Waals surface area (Å²) < 4.78 is 16.2. The van der Waals surface area contributed by atoms with Gasteiger partial charge in [-0.3, -0.25) is 4.79 Å². The van der Waals surface area contributed by atoms with Gasteiger partial charge >= 0.3 is 14.5 Å². The van der Waals surface area contributed by atoms with E-state index >= 15 is 0 Å². The molecule has 0 bridgehead atoms. The first-order chi connectivity index (χ1) is 8.04. The Morgan fingerprint density at radius 3 is 2.29 bits per heavy atom. The van der Waals surface area contributed by atoms with Crippen LogP contribution in [0, 0.1) is 0 Å². The van der Waals surface area contributed by atoms with Gasteiger partial charge < -0.3 is 13.6 Å². The first kappa shape index (κ1) is 16.3. The van der Waals surface area contributed by atoms with Crippen molar-refractivity contribution >= 4 is 14.5 Å². The Balaban J connectivity index is 3.88. The van der Waals surface area contributed by atoms with Crippen molar-refractivity contribution in [1.82, 2.24) is 0 Å². The molecular weight excluding hydrogens is 236 g/mol. The molecule has 0 aliphatic carbocycles. The van der Waals surface area contributed by atoms with Gasteiger partial charge in [-0.2, -0.15) is 0 Å². The van der Waals surface area contributed by atoms with Gasteiger partial charge in [0.05, 0.1) is 6.61 Å². The first-order valence-corrected chi connectivity index (χ1v) is 8.52. The van der Waals surface area contributed by atoms with Crippen molar-refractivity contribution in [1.29, 1.82) is 0 Å². The fourth-order valence-electron chi connectivity index (χ4n) is 1.43. The van der Waals surface area contributed by atoms with Crippen molar-refractivity contribution in [3.63, 3.8) is 0 Å². The minimum atomic E-state index is -2.12. The molecule has 0 N–H and O–H groups in total. The molecule has 0 aromatic heterocycles. The third kappa shape index (κ3) is 9.09. The fraction of sp³-hybridized carbons (Fsp3) is 0.750. The lowest BCUT2D eigenvalue weighted by atomic mass is 10.3. The highest BCUT2D eigenvalue weighted by molar-refractivity contribution is 6.71. The summed E-state index contributed by atoms with van der Waals surface area (Å²) in [7, 11) is -2.12. The smallest absolute Gasteiger partial charge is 0.361 e. The van der Waals surface area contributed by atoms with Crippen molar-refractivity contribution < 1.29 is 18.4 Å². The fourth-order valence-corrected chi connectivity index (χ4v) is 3.44. The molecule has 0 aromatic rings. The van der Waals surface area contributed by atoms with Crippen LogP contribution < -0.4 is 0 Å². The third-order valence-corrected chi connectivity index (χ3v) is 4.67. The maximum Gasteiger partial charge on any atom is 0.361 e. The van der Waals surface area contributed by atoms with Crippen LogP contribution >= 0.6 is 0 Å². The van der Waals surface area contributed by atoms with E-state index in [1.54, 1.807) is 0 Å². The van der Waals surface area contributed by atoms with Crippen LogP contribution in [0.15, 0.2) is 11.8 Å². The molecule has 5 heteroatoms. The molecule has 0 radical (unpaired) electrons. The Hall–Kier alpha value is -0.653. The Bertz CT molecular complexity index is 235. The van der Waals surface area contributed by atoms with Crippen molar-refractivity contribution in [2.45, 2.75) is 40.2 Å². The Kier molecular flexibility index (Phi) is 9.02. The Morgan fingerprint density at radius 2 is 1.82 bits per heavy atom. The van der Waals surface area contributed by atoms with Crippen LogP contribution in [0.3, 0.4) is 0 Å². The molecule has 0 unspecified atom stereocenters. The Labute approximate surface area is 105 Å². The molecule has 0 amide bonds. The van der Waals surface area contributed by atoms with E-state index in [4.69, 9.17) is 13.6 Å². The molecule has 0 aliphatic heterocycles. The minimum Gasteiger partial charge on any atom is -0.466 e. The van der Waals surface area contributed by atoms with E-state index in [2.05, 4.69) is 6.08 Å². The lowest BCUT2D eigenvalue weighted by Gasteiger charge is -2.22. The molecule has 0 rings (SSSR count). The van der Waals surface area contributed by atoms with Crippen LogP contribution in [-0.2, 0) is 18.4 Å². The van der Waals surface area contributed by atoms with Crippen molar-refractivity contribution in [2.75, 3.05) is 19.8 Å². The van der Waals surface area contributed by atoms with Gasteiger partial charge in [0.2, 0.25) is 0 Å². The number of esters is 1. The highest BCUT2D eigenvalue weighted by Crippen LogP contribution is 2.10. The molecular formula is C12H24O4Si. The maximum absolute atomic E-state index is 10.5. The van der Waals surface area contributed by atoms with Crippen molar-refractivity contribution in [2.24, 2.45) is 0 Å². The SMILES string of the molecule is CCO[Si](C)(/C=C\CCCOC(C)=O)OCC. The number of carbonyl (C=O) groups excluding carboxylic acids is 1. The van der Waals surface area contributed by atoms with Crippen LogP contribution in [0.2, 0.25) is 6.55 Å². The second-order valence-corrected chi connectivity index (χ2v) is 6.71. The average Bonchev–Trinajstić information content (AvgIpc) is 2.23. The van der Waals surface area contributed by atoms with Gasteiger partial charge in [0.1, 0.15) is 0 Å². The van der Waals surface area contributed by atoms with E-state index in [0.29, 0.717) is 19.8 Å². The number of hydrogen-bond donors (Lipinski definition) is 0. The van der Waals surface area contributed by atoms with Gasteiger partial charge in [0.15, 0.2) is 0 Å².